The van der Waals surface area contributed by atoms with Crippen LogP contribution in [0.3, 0.4) is 0 Å². The van der Waals surface area contributed by atoms with Crippen LogP contribution in [-0.4, -0.2) is 12.1 Å². The van der Waals surface area contributed by atoms with Crippen molar-refractivity contribution in [1.29, 1.82) is 0 Å². The van der Waals surface area contributed by atoms with E-state index in [4.69, 9.17) is 4.74 Å². The Kier molecular flexibility index (Phi) is 1.68. The van der Waals surface area contributed by atoms with Crippen LogP contribution in [0.25, 0.3) is 0 Å². The zero-order valence-corrected chi connectivity index (χ0v) is 5.20. The fourth-order valence-corrected chi connectivity index (χ4v) is 0.679. The predicted molar refractivity (Wildman–Crippen MR) is 33.8 cm³/mol. The Hall–Kier alpha value is -1.05. The van der Waals surface area contributed by atoms with Gasteiger partial charge in [0.2, 0.25) is 0 Å². The van der Waals surface area contributed by atoms with E-state index in [0.717, 1.165) is 0 Å². The van der Waals surface area contributed by atoms with Crippen LogP contribution in [0, 0.1) is 0 Å². The number of cyclic esters (lactones) is 1. The molecule has 2 heteroatoms. The highest BCUT2D eigenvalue weighted by molar-refractivity contribution is 5.84. The van der Waals surface area contributed by atoms with Gasteiger partial charge in [-0.1, -0.05) is 6.08 Å². The summed E-state index contributed by atoms with van der Waals surface area (Å²) in [4.78, 5) is 10.4. The normalized spacial score (nSPS) is 25.4. The molecule has 1 rings (SSSR count). The minimum atomic E-state index is -0.252. The number of ether oxygens (including phenoxy) is 1. The summed E-state index contributed by atoms with van der Waals surface area (Å²) < 4.78 is 4.76. The quantitative estimate of drug-likeness (QED) is 0.385. The lowest BCUT2D eigenvalue weighted by molar-refractivity contribution is -0.137. The second-order valence-electron chi connectivity index (χ2n) is 1.79. The van der Waals surface area contributed by atoms with Gasteiger partial charge in [0, 0.05) is 6.08 Å². The van der Waals surface area contributed by atoms with Crippen LogP contribution in [0.2, 0.25) is 0 Å². The summed E-state index contributed by atoms with van der Waals surface area (Å²) in [6.45, 7) is 1.89. The number of allylic oxidation sites excluding steroid dienone is 1. The summed E-state index contributed by atoms with van der Waals surface area (Å²) in [7, 11) is 0. The van der Waals surface area contributed by atoms with Gasteiger partial charge in [-0.05, 0) is 19.1 Å². The number of carbonyl (C=O) groups is 1. The second kappa shape index (κ2) is 2.49. The second-order valence-corrected chi connectivity index (χ2v) is 1.79. The summed E-state index contributed by atoms with van der Waals surface area (Å²) in [5, 5.41) is 0. The van der Waals surface area contributed by atoms with Crippen molar-refractivity contribution in [2.75, 3.05) is 0 Å². The van der Waals surface area contributed by atoms with Crippen molar-refractivity contribution in [2.24, 2.45) is 0 Å². The van der Waals surface area contributed by atoms with Crippen molar-refractivity contribution in [3.63, 3.8) is 0 Å². The number of rotatable bonds is 1. The maximum atomic E-state index is 10.4. The standard InChI is InChI=1S/C7H8O2/c1-2-3-6-4-5-7(8)9-6/h2-6H,1H3/b3-2+/t6-/m1/s1. The molecule has 0 aromatic carbocycles. The lowest BCUT2D eigenvalue weighted by Gasteiger charge is -1.98. The first-order chi connectivity index (χ1) is 4.33. The average molecular weight is 124 g/mol. The molecule has 9 heavy (non-hydrogen) atoms. The topological polar surface area (TPSA) is 26.3 Å². The molecule has 0 radical (unpaired) electrons. The van der Waals surface area contributed by atoms with Crippen molar-refractivity contribution in [2.45, 2.75) is 13.0 Å². The van der Waals surface area contributed by atoms with Crippen LogP contribution in [0.15, 0.2) is 24.3 Å². The van der Waals surface area contributed by atoms with Crippen LogP contribution >= 0.6 is 0 Å². The molecule has 0 aromatic heterocycles. The molecule has 0 amide bonds. The van der Waals surface area contributed by atoms with Crippen LogP contribution in [0.5, 0.6) is 0 Å². The lowest BCUT2D eigenvalue weighted by atomic mass is 10.3. The fraction of sp³-hybridized carbons (Fsp3) is 0.286. The highest BCUT2D eigenvalue weighted by Crippen LogP contribution is 2.05. The molecular weight excluding hydrogens is 116 g/mol. The molecule has 1 atom stereocenters. The first kappa shape index (κ1) is 6.08. The molecule has 0 aliphatic carbocycles. The van der Waals surface area contributed by atoms with E-state index in [0.29, 0.717) is 0 Å². The van der Waals surface area contributed by atoms with E-state index in [1.54, 1.807) is 6.08 Å². The van der Waals surface area contributed by atoms with Crippen molar-refractivity contribution in [3.8, 4) is 0 Å². The zero-order valence-electron chi connectivity index (χ0n) is 5.20. The maximum absolute atomic E-state index is 10.4. The zero-order chi connectivity index (χ0) is 6.69. The van der Waals surface area contributed by atoms with Crippen LogP contribution in [0.1, 0.15) is 6.92 Å². The maximum Gasteiger partial charge on any atom is 0.331 e. The van der Waals surface area contributed by atoms with E-state index < -0.39 is 0 Å². The minimum absolute atomic E-state index is 0.123. The van der Waals surface area contributed by atoms with E-state index in [-0.39, 0.29) is 12.1 Å². The first-order valence-corrected chi connectivity index (χ1v) is 2.84. The summed E-state index contributed by atoms with van der Waals surface area (Å²) in [5.41, 5.74) is 0. The molecule has 2 nitrogen and oxygen atoms in total. The van der Waals surface area contributed by atoms with Gasteiger partial charge in [-0.2, -0.15) is 0 Å². The Balaban J connectivity index is 2.50. The van der Waals surface area contributed by atoms with Gasteiger partial charge in [0.15, 0.2) is 0 Å². The van der Waals surface area contributed by atoms with Crippen molar-refractivity contribution in [3.05, 3.63) is 24.3 Å². The number of carbonyl (C=O) groups excluding carboxylic acids is 1. The molecule has 1 heterocycles. The third kappa shape index (κ3) is 1.42. The van der Waals surface area contributed by atoms with E-state index in [1.807, 2.05) is 19.1 Å². The summed E-state index contributed by atoms with van der Waals surface area (Å²) in [5.74, 6) is -0.252. The third-order valence-electron chi connectivity index (χ3n) is 1.06. The summed E-state index contributed by atoms with van der Waals surface area (Å²) in [6.07, 6.45) is 6.71. The molecule has 0 bridgehead atoms. The summed E-state index contributed by atoms with van der Waals surface area (Å²) >= 11 is 0. The van der Waals surface area contributed by atoms with E-state index >= 15 is 0 Å². The molecule has 0 spiro atoms. The smallest absolute Gasteiger partial charge is 0.331 e. The highest BCUT2D eigenvalue weighted by atomic mass is 16.5. The minimum Gasteiger partial charge on any atom is -0.451 e. The Morgan fingerprint density at radius 1 is 1.78 bits per heavy atom. The third-order valence-corrected chi connectivity index (χ3v) is 1.06. The van der Waals surface area contributed by atoms with Gasteiger partial charge in [0.05, 0.1) is 0 Å². The van der Waals surface area contributed by atoms with Gasteiger partial charge < -0.3 is 4.74 Å². The van der Waals surface area contributed by atoms with Crippen molar-refractivity contribution < 1.29 is 9.53 Å². The van der Waals surface area contributed by atoms with E-state index in [1.165, 1.54) is 6.08 Å². The lowest BCUT2D eigenvalue weighted by Crippen LogP contribution is -2.02. The number of hydrogen-bond donors (Lipinski definition) is 0. The first-order valence-electron chi connectivity index (χ1n) is 2.84. The SMILES string of the molecule is C/C=C/[C@@H]1C=CC(=O)O1. The van der Waals surface area contributed by atoms with Gasteiger partial charge in [0.1, 0.15) is 6.10 Å². The highest BCUT2D eigenvalue weighted by Gasteiger charge is 2.11. The average Bonchev–Trinajstić information content (AvgIpc) is 2.17. The Bertz CT molecular complexity index is 168. The molecule has 0 aromatic rings. The molecule has 0 unspecified atom stereocenters. The van der Waals surface area contributed by atoms with Crippen LogP contribution in [-0.2, 0) is 9.53 Å². The van der Waals surface area contributed by atoms with Gasteiger partial charge in [-0.15, -0.1) is 0 Å². The van der Waals surface area contributed by atoms with Gasteiger partial charge in [0.25, 0.3) is 0 Å². The molecular formula is C7H8O2. The monoisotopic (exact) mass is 124 g/mol. The van der Waals surface area contributed by atoms with Crippen molar-refractivity contribution in [1.82, 2.24) is 0 Å². The van der Waals surface area contributed by atoms with Gasteiger partial charge >= 0.3 is 5.97 Å². The van der Waals surface area contributed by atoms with E-state index in [9.17, 15) is 4.79 Å². The van der Waals surface area contributed by atoms with Crippen LogP contribution in [0.4, 0.5) is 0 Å². The molecule has 0 fully saturated rings. The molecule has 0 N–H and O–H groups in total. The molecule has 1 aliphatic rings. The van der Waals surface area contributed by atoms with Gasteiger partial charge in [-0.25, -0.2) is 4.79 Å². The number of esters is 1. The Morgan fingerprint density at radius 2 is 2.56 bits per heavy atom. The van der Waals surface area contributed by atoms with Crippen molar-refractivity contribution >= 4 is 5.97 Å². The molecule has 48 valence electrons. The van der Waals surface area contributed by atoms with Gasteiger partial charge in [-0.3, -0.25) is 0 Å². The Labute approximate surface area is 53.8 Å². The molecule has 1 aliphatic heterocycles. The summed E-state index contributed by atoms with van der Waals surface area (Å²) in [6, 6.07) is 0. The number of hydrogen-bond acceptors (Lipinski definition) is 2. The fourth-order valence-electron chi connectivity index (χ4n) is 0.679. The van der Waals surface area contributed by atoms with E-state index in [2.05, 4.69) is 0 Å². The molecule has 0 saturated heterocycles. The van der Waals surface area contributed by atoms with Crippen LogP contribution < -0.4 is 0 Å². The molecule has 0 saturated carbocycles. The Morgan fingerprint density at radius 3 is 3.00 bits per heavy atom. The largest absolute Gasteiger partial charge is 0.451 e. The predicted octanol–water partition coefficient (Wildman–Crippen LogP) is 1.04.